The molecule has 0 aliphatic heterocycles. The molecule has 0 unspecified atom stereocenters. The lowest BCUT2D eigenvalue weighted by molar-refractivity contribution is 0.0842. The second-order valence-electron chi connectivity index (χ2n) is 5.07. The second-order valence-corrected chi connectivity index (χ2v) is 5.99. The van der Waals surface area contributed by atoms with E-state index in [1.165, 1.54) is 6.20 Å². The molecule has 0 aliphatic rings. The van der Waals surface area contributed by atoms with Crippen molar-refractivity contribution in [2.24, 2.45) is 7.05 Å². The highest BCUT2D eigenvalue weighted by Gasteiger charge is 2.14. The molecule has 24 heavy (non-hydrogen) atoms. The van der Waals surface area contributed by atoms with Crippen LogP contribution in [0.1, 0.15) is 20.8 Å². The fraction of sp³-hybridized carbons (Fsp3) is 0.0625. The summed E-state index contributed by atoms with van der Waals surface area (Å²) in [6.07, 6.45) is 4.78. The van der Waals surface area contributed by atoms with Crippen LogP contribution in [0.5, 0.6) is 0 Å². The van der Waals surface area contributed by atoms with Gasteiger partial charge in [0.2, 0.25) is 0 Å². The molecule has 3 aromatic rings. The molecule has 0 saturated carbocycles. The summed E-state index contributed by atoms with van der Waals surface area (Å²) < 4.78 is 4.02. The molecule has 0 saturated heterocycles. The number of aromatic nitrogens is 3. The molecule has 3 rings (SSSR count). The number of carbonyl (C=O) groups is 2. The Morgan fingerprint density at radius 2 is 1.79 bits per heavy atom. The summed E-state index contributed by atoms with van der Waals surface area (Å²) in [4.78, 5) is 24.2. The zero-order valence-corrected chi connectivity index (χ0v) is 14.3. The number of hydrogen-bond donors (Lipinski definition) is 2. The Labute approximate surface area is 146 Å². The molecule has 0 spiro atoms. The van der Waals surface area contributed by atoms with Crippen LogP contribution >= 0.6 is 15.9 Å². The normalized spacial score (nSPS) is 10.4. The summed E-state index contributed by atoms with van der Waals surface area (Å²) in [5, 5.41) is 4.14. The summed E-state index contributed by atoms with van der Waals surface area (Å²) in [6, 6.07) is 11.1. The summed E-state index contributed by atoms with van der Waals surface area (Å²) >= 11 is 3.29. The van der Waals surface area contributed by atoms with Crippen LogP contribution in [-0.4, -0.2) is 26.2 Å². The van der Waals surface area contributed by atoms with Gasteiger partial charge in [-0.25, -0.2) is 4.68 Å². The minimum atomic E-state index is -0.446. The maximum atomic E-state index is 12.1. The van der Waals surface area contributed by atoms with E-state index in [1.807, 2.05) is 30.3 Å². The Bertz CT molecular complexity index is 885. The van der Waals surface area contributed by atoms with E-state index in [4.69, 9.17) is 0 Å². The van der Waals surface area contributed by atoms with Gasteiger partial charge in [0.05, 0.1) is 17.4 Å². The Morgan fingerprint density at radius 1 is 1.08 bits per heavy atom. The number of carbonyl (C=O) groups excluding carboxylic acids is 2. The number of aryl methyl sites for hydroxylation is 1. The molecule has 7 nitrogen and oxygen atoms in total. The van der Waals surface area contributed by atoms with Crippen molar-refractivity contribution in [2.45, 2.75) is 0 Å². The number of hydrogen-bond acceptors (Lipinski definition) is 3. The van der Waals surface area contributed by atoms with Crippen molar-refractivity contribution in [2.75, 3.05) is 0 Å². The topological polar surface area (TPSA) is 81.0 Å². The maximum absolute atomic E-state index is 12.1. The van der Waals surface area contributed by atoms with Gasteiger partial charge in [-0.1, -0.05) is 18.2 Å². The zero-order valence-electron chi connectivity index (χ0n) is 12.7. The first kappa shape index (κ1) is 16.0. The SMILES string of the molecule is Cn1cc(Br)cc1C(=O)NNC(=O)c1cnn(-c2ccccc2)c1. The van der Waals surface area contributed by atoms with Crippen LogP contribution in [0.2, 0.25) is 0 Å². The minimum Gasteiger partial charge on any atom is -0.345 e. The van der Waals surface area contributed by atoms with Gasteiger partial charge in [0.25, 0.3) is 11.8 Å². The van der Waals surface area contributed by atoms with Crippen molar-refractivity contribution in [1.29, 1.82) is 0 Å². The van der Waals surface area contributed by atoms with Crippen LogP contribution < -0.4 is 10.9 Å². The molecule has 0 atom stereocenters. The number of hydrazine groups is 1. The molecule has 2 N–H and O–H groups in total. The molecule has 2 heterocycles. The molecule has 2 aromatic heterocycles. The highest BCUT2D eigenvalue weighted by atomic mass is 79.9. The number of halogens is 1. The molecule has 0 fully saturated rings. The van der Waals surface area contributed by atoms with Crippen molar-refractivity contribution in [1.82, 2.24) is 25.2 Å². The molecule has 122 valence electrons. The predicted octanol–water partition coefficient (Wildman–Crippen LogP) is 2.05. The number of nitrogens with zero attached hydrogens (tertiary/aromatic N) is 3. The third-order valence-corrected chi connectivity index (χ3v) is 3.79. The number of amides is 2. The summed E-state index contributed by atoms with van der Waals surface area (Å²) in [5.74, 6) is -0.856. The summed E-state index contributed by atoms with van der Waals surface area (Å²) in [5.41, 5.74) is 6.36. The lowest BCUT2D eigenvalue weighted by atomic mass is 10.3. The molecular weight excluding hydrogens is 374 g/mol. The van der Waals surface area contributed by atoms with E-state index >= 15 is 0 Å². The van der Waals surface area contributed by atoms with Crippen LogP contribution in [-0.2, 0) is 7.05 Å². The lowest BCUT2D eigenvalue weighted by Gasteiger charge is -2.06. The molecule has 0 bridgehead atoms. The van der Waals surface area contributed by atoms with E-state index in [0.717, 1.165) is 10.2 Å². The highest BCUT2D eigenvalue weighted by molar-refractivity contribution is 9.10. The number of nitrogens with one attached hydrogen (secondary N) is 2. The van der Waals surface area contributed by atoms with Gasteiger partial charge in [0, 0.05) is 23.9 Å². The van der Waals surface area contributed by atoms with E-state index < -0.39 is 11.8 Å². The zero-order chi connectivity index (χ0) is 17.1. The van der Waals surface area contributed by atoms with Gasteiger partial charge in [-0.15, -0.1) is 0 Å². The molecule has 1 aromatic carbocycles. The molecular formula is C16H14BrN5O2. The van der Waals surface area contributed by atoms with Crippen LogP contribution in [0.25, 0.3) is 5.69 Å². The Hall–Kier alpha value is -2.87. The number of benzene rings is 1. The van der Waals surface area contributed by atoms with Gasteiger partial charge in [-0.05, 0) is 34.1 Å². The average molecular weight is 388 g/mol. The van der Waals surface area contributed by atoms with Crippen molar-refractivity contribution in [3.8, 4) is 5.69 Å². The van der Waals surface area contributed by atoms with Gasteiger partial charge in [-0.2, -0.15) is 5.10 Å². The monoisotopic (exact) mass is 387 g/mol. The van der Waals surface area contributed by atoms with Crippen LogP contribution in [0.4, 0.5) is 0 Å². The average Bonchev–Trinajstić information content (AvgIpc) is 3.20. The van der Waals surface area contributed by atoms with Crippen LogP contribution in [0.15, 0.2) is 59.5 Å². The Balaban J connectivity index is 1.64. The van der Waals surface area contributed by atoms with Gasteiger partial charge in [0.15, 0.2) is 0 Å². The fourth-order valence-electron chi connectivity index (χ4n) is 2.16. The van der Waals surface area contributed by atoms with Crippen LogP contribution in [0.3, 0.4) is 0 Å². The Kier molecular flexibility index (Phi) is 4.48. The predicted molar refractivity (Wildman–Crippen MR) is 91.6 cm³/mol. The Morgan fingerprint density at radius 3 is 2.46 bits per heavy atom. The second kappa shape index (κ2) is 6.71. The highest BCUT2D eigenvalue weighted by Crippen LogP contribution is 2.13. The molecule has 2 amide bonds. The van der Waals surface area contributed by atoms with E-state index in [-0.39, 0.29) is 0 Å². The summed E-state index contributed by atoms with van der Waals surface area (Å²) in [7, 11) is 1.74. The standard InChI is InChI=1S/C16H14BrN5O2/c1-21-10-12(17)7-14(21)16(24)20-19-15(23)11-8-18-22(9-11)13-5-3-2-4-6-13/h2-10H,1H3,(H,19,23)(H,20,24). The first-order valence-corrected chi connectivity index (χ1v) is 7.86. The van der Waals surface area contributed by atoms with Gasteiger partial charge < -0.3 is 4.57 Å². The van der Waals surface area contributed by atoms with E-state index in [9.17, 15) is 9.59 Å². The number of rotatable bonds is 3. The number of para-hydroxylation sites is 1. The maximum Gasteiger partial charge on any atom is 0.286 e. The van der Waals surface area contributed by atoms with Gasteiger partial charge >= 0.3 is 0 Å². The van der Waals surface area contributed by atoms with E-state index in [1.54, 1.807) is 34.8 Å². The smallest absolute Gasteiger partial charge is 0.286 e. The molecule has 0 radical (unpaired) electrons. The van der Waals surface area contributed by atoms with Crippen molar-refractivity contribution in [3.63, 3.8) is 0 Å². The van der Waals surface area contributed by atoms with Gasteiger partial charge in [0.1, 0.15) is 5.69 Å². The first-order chi connectivity index (χ1) is 11.5. The molecule has 0 aliphatic carbocycles. The fourth-order valence-corrected chi connectivity index (χ4v) is 2.69. The summed E-state index contributed by atoms with van der Waals surface area (Å²) in [6.45, 7) is 0. The third-order valence-electron chi connectivity index (χ3n) is 3.36. The van der Waals surface area contributed by atoms with Gasteiger partial charge in [-0.3, -0.25) is 20.4 Å². The van der Waals surface area contributed by atoms with Crippen molar-refractivity contribution >= 4 is 27.7 Å². The van der Waals surface area contributed by atoms with E-state index in [2.05, 4.69) is 31.9 Å². The molecule has 8 heteroatoms. The third kappa shape index (κ3) is 3.38. The lowest BCUT2D eigenvalue weighted by Crippen LogP contribution is -2.42. The van der Waals surface area contributed by atoms with E-state index in [0.29, 0.717) is 11.3 Å². The van der Waals surface area contributed by atoms with Crippen molar-refractivity contribution in [3.05, 3.63) is 70.7 Å². The van der Waals surface area contributed by atoms with Crippen molar-refractivity contribution < 1.29 is 9.59 Å². The minimum absolute atomic E-state index is 0.340. The van der Waals surface area contributed by atoms with Crippen LogP contribution in [0, 0.1) is 0 Å². The first-order valence-electron chi connectivity index (χ1n) is 7.07. The largest absolute Gasteiger partial charge is 0.345 e. The quantitative estimate of drug-likeness (QED) is 0.674.